The zero-order valence-corrected chi connectivity index (χ0v) is 22.9. The lowest BCUT2D eigenvalue weighted by molar-refractivity contribution is 0.989. The molecule has 0 heterocycles. The maximum absolute atomic E-state index is 3.89. The Morgan fingerprint density at radius 1 is 0.675 bits per heavy atom. The van der Waals surface area contributed by atoms with Crippen LogP contribution in [0.3, 0.4) is 0 Å². The van der Waals surface area contributed by atoms with E-state index in [2.05, 4.69) is 133 Å². The summed E-state index contributed by atoms with van der Waals surface area (Å²) in [7, 11) is 0. The summed E-state index contributed by atoms with van der Waals surface area (Å²) in [6, 6.07) is 40.9. The lowest BCUT2D eigenvalue weighted by Crippen LogP contribution is -2.06. The molecule has 0 amide bonds. The van der Waals surface area contributed by atoms with E-state index in [0.29, 0.717) is 0 Å². The smallest absolute Gasteiger partial charge is 0.0419 e. The third kappa shape index (κ3) is 6.00. The molecule has 5 aromatic rings. The van der Waals surface area contributed by atoms with Gasteiger partial charge >= 0.3 is 0 Å². The van der Waals surface area contributed by atoms with E-state index >= 15 is 0 Å². The van der Waals surface area contributed by atoms with Crippen LogP contribution in [0.2, 0.25) is 0 Å². The van der Waals surface area contributed by atoms with Crippen molar-refractivity contribution in [2.45, 2.75) is 12.8 Å². The normalized spacial score (nSPS) is 12.0. The van der Waals surface area contributed by atoms with Gasteiger partial charge in [-0.2, -0.15) is 0 Å². The standard InChI is InChI=1S/C37H35N3/c1-4-12-29(5-2)39-31-21-17-27(18-22-31)37(28-19-23-32(24-20-28)40-30-13-8-7-9-14-30)35-25-26-36(38-6-3)34-16-11-10-15-33(34)35/h4-5,7-26,37-40H,1-2,6H2,3H3/b29-12+. The lowest BCUT2D eigenvalue weighted by Gasteiger charge is -2.23. The van der Waals surface area contributed by atoms with Crippen LogP contribution < -0.4 is 16.0 Å². The van der Waals surface area contributed by atoms with Crippen LogP contribution in [0.15, 0.2) is 152 Å². The van der Waals surface area contributed by atoms with Crippen molar-refractivity contribution in [2.75, 3.05) is 22.5 Å². The molecule has 198 valence electrons. The Morgan fingerprint density at radius 2 is 1.27 bits per heavy atom. The van der Waals surface area contributed by atoms with Crippen molar-refractivity contribution in [3.8, 4) is 0 Å². The van der Waals surface area contributed by atoms with E-state index in [-0.39, 0.29) is 5.92 Å². The number of hydrogen-bond acceptors (Lipinski definition) is 3. The average Bonchev–Trinajstić information content (AvgIpc) is 3.00. The Labute approximate surface area is 237 Å². The van der Waals surface area contributed by atoms with Gasteiger partial charge in [-0.1, -0.05) is 92.0 Å². The van der Waals surface area contributed by atoms with Gasteiger partial charge in [0, 0.05) is 46.3 Å². The van der Waals surface area contributed by atoms with E-state index in [1.807, 2.05) is 24.3 Å². The predicted molar refractivity (Wildman–Crippen MR) is 174 cm³/mol. The third-order valence-corrected chi connectivity index (χ3v) is 6.99. The molecule has 5 rings (SSSR count). The van der Waals surface area contributed by atoms with Gasteiger partial charge in [0.05, 0.1) is 0 Å². The molecular formula is C37H35N3. The average molecular weight is 522 g/mol. The summed E-state index contributed by atoms with van der Waals surface area (Å²) in [5, 5.41) is 12.9. The fourth-order valence-corrected chi connectivity index (χ4v) is 5.13. The Bertz CT molecular complexity index is 1610. The fraction of sp³-hybridized carbons (Fsp3) is 0.0811. The van der Waals surface area contributed by atoms with Gasteiger partial charge in [-0.15, -0.1) is 0 Å². The van der Waals surface area contributed by atoms with Crippen LogP contribution >= 0.6 is 0 Å². The Morgan fingerprint density at radius 3 is 1.90 bits per heavy atom. The summed E-state index contributed by atoms with van der Waals surface area (Å²) >= 11 is 0. The van der Waals surface area contributed by atoms with Gasteiger partial charge in [0.15, 0.2) is 0 Å². The van der Waals surface area contributed by atoms with Gasteiger partial charge in [0.1, 0.15) is 0 Å². The van der Waals surface area contributed by atoms with Crippen LogP contribution in [0.25, 0.3) is 10.8 Å². The minimum absolute atomic E-state index is 0.0583. The topological polar surface area (TPSA) is 36.1 Å². The maximum atomic E-state index is 3.89. The number of allylic oxidation sites excluding steroid dienone is 3. The van der Waals surface area contributed by atoms with Crippen molar-refractivity contribution < 1.29 is 0 Å². The van der Waals surface area contributed by atoms with Crippen molar-refractivity contribution in [1.82, 2.24) is 0 Å². The molecule has 0 fully saturated rings. The maximum Gasteiger partial charge on any atom is 0.0419 e. The Balaban J connectivity index is 1.57. The minimum atomic E-state index is 0.0583. The molecule has 1 atom stereocenters. The minimum Gasteiger partial charge on any atom is -0.385 e. The quantitative estimate of drug-likeness (QED) is 0.120. The molecule has 0 aliphatic carbocycles. The largest absolute Gasteiger partial charge is 0.385 e. The molecule has 1 unspecified atom stereocenters. The van der Waals surface area contributed by atoms with E-state index < -0.39 is 0 Å². The molecule has 3 heteroatoms. The number of anilines is 4. The van der Waals surface area contributed by atoms with Crippen LogP contribution in [0, 0.1) is 0 Å². The highest BCUT2D eigenvalue weighted by Crippen LogP contribution is 2.39. The molecule has 0 spiro atoms. The summed E-state index contributed by atoms with van der Waals surface area (Å²) in [6.45, 7) is 10.7. The monoisotopic (exact) mass is 521 g/mol. The van der Waals surface area contributed by atoms with Gasteiger partial charge in [0.25, 0.3) is 0 Å². The van der Waals surface area contributed by atoms with Gasteiger partial charge < -0.3 is 16.0 Å². The van der Waals surface area contributed by atoms with E-state index in [1.165, 1.54) is 27.5 Å². The molecule has 0 radical (unpaired) electrons. The highest BCUT2D eigenvalue weighted by molar-refractivity contribution is 5.97. The zero-order chi connectivity index (χ0) is 27.7. The molecule has 0 saturated carbocycles. The summed E-state index contributed by atoms with van der Waals surface area (Å²) < 4.78 is 0. The SMILES string of the molecule is C=C/C=C(\C=C)Nc1ccc(C(c2ccc(Nc3ccccc3)cc2)c2ccc(NCC)c3ccccc23)cc1. The number of para-hydroxylation sites is 1. The number of hydrogen-bond donors (Lipinski definition) is 3. The first kappa shape index (κ1) is 26.6. The first-order valence-corrected chi connectivity index (χ1v) is 13.7. The van der Waals surface area contributed by atoms with E-state index in [4.69, 9.17) is 0 Å². The van der Waals surface area contributed by atoms with Crippen LogP contribution in [0.1, 0.15) is 29.5 Å². The number of benzene rings is 5. The summed E-state index contributed by atoms with van der Waals surface area (Å²) in [5.74, 6) is 0.0583. The molecule has 0 bridgehead atoms. The van der Waals surface area contributed by atoms with Gasteiger partial charge in [-0.05, 0) is 83.6 Å². The van der Waals surface area contributed by atoms with Crippen molar-refractivity contribution >= 4 is 33.5 Å². The van der Waals surface area contributed by atoms with Crippen LogP contribution in [-0.4, -0.2) is 6.54 Å². The first-order valence-electron chi connectivity index (χ1n) is 13.7. The molecular weight excluding hydrogens is 486 g/mol. The molecule has 3 N–H and O–H groups in total. The third-order valence-electron chi connectivity index (χ3n) is 6.99. The number of rotatable bonds is 11. The van der Waals surface area contributed by atoms with E-state index in [9.17, 15) is 0 Å². The molecule has 0 saturated heterocycles. The van der Waals surface area contributed by atoms with Gasteiger partial charge in [0.2, 0.25) is 0 Å². The van der Waals surface area contributed by atoms with E-state index in [1.54, 1.807) is 12.2 Å². The second-order valence-corrected chi connectivity index (χ2v) is 9.63. The van der Waals surface area contributed by atoms with E-state index in [0.717, 1.165) is 35.0 Å². The second kappa shape index (κ2) is 12.7. The number of nitrogens with one attached hydrogen (secondary N) is 3. The predicted octanol–water partition coefficient (Wildman–Crippen LogP) is 9.86. The van der Waals surface area contributed by atoms with Crippen molar-refractivity contribution in [3.63, 3.8) is 0 Å². The van der Waals surface area contributed by atoms with Crippen LogP contribution in [0.4, 0.5) is 22.7 Å². The Kier molecular flexibility index (Phi) is 8.43. The highest BCUT2D eigenvalue weighted by Gasteiger charge is 2.20. The molecule has 0 aliphatic rings. The van der Waals surface area contributed by atoms with Crippen molar-refractivity contribution in [3.05, 3.63) is 169 Å². The number of fused-ring (bicyclic) bond motifs is 1. The lowest BCUT2D eigenvalue weighted by atomic mass is 9.82. The molecule has 5 aromatic carbocycles. The summed E-state index contributed by atoms with van der Waals surface area (Å²) in [6.07, 6.45) is 5.46. The van der Waals surface area contributed by atoms with Crippen LogP contribution in [-0.2, 0) is 0 Å². The molecule has 40 heavy (non-hydrogen) atoms. The fourth-order valence-electron chi connectivity index (χ4n) is 5.13. The highest BCUT2D eigenvalue weighted by atomic mass is 14.9. The van der Waals surface area contributed by atoms with Crippen molar-refractivity contribution in [2.24, 2.45) is 0 Å². The Hall–Kier alpha value is -5.02. The molecule has 3 nitrogen and oxygen atoms in total. The zero-order valence-electron chi connectivity index (χ0n) is 22.9. The van der Waals surface area contributed by atoms with Crippen molar-refractivity contribution in [1.29, 1.82) is 0 Å². The van der Waals surface area contributed by atoms with Crippen LogP contribution in [0.5, 0.6) is 0 Å². The first-order chi connectivity index (χ1) is 19.7. The molecule has 0 aliphatic heterocycles. The second-order valence-electron chi connectivity index (χ2n) is 9.63. The van der Waals surface area contributed by atoms with Gasteiger partial charge in [-0.3, -0.25) is 0 Å². The van der Waals surface area contributed by atoms with Gasteiger partial charge in [-0.25, -0.2) is 0 Å². The molecule has 0 aromatic heterocycles. The summed E-state index contributed by atoms with van der Waals surface area (Å²) in [4.78, 5) is 0. The summed E-state index contributed by atoms with van der Waals surface area (Å²) in [5.41, 5.74) is 8.95.